The quantitative estimate of drug-likeness (QED) is 0.908. The van der Waals surface area contributed by atoms with Gasteiger partial charge >= 0.3 is 0 Å². The summed E-state index contributed by atoms with van der Waals surface area (Å²) in [4.78, 5) is 4.11. The molecule has 1 aromatic heterocycles. The van der Waals surface area contributed by atoms with Crippen LogP contribution in [-0.2, 0) is 11.3 Å². The fourth-order valence-corrected chi connectivity index (χ4v) is 1.92. The zero-order valence-corrected chi connectivity index (χ0v) is 10.3. The van der Waals surface area contributed by atoms with E-state index in [1.807, 2.05) is 28.8 Å². The highest BCUT2D eigenvalue weighted by atomic mass is 35.5. The van der Waals surface area contributed by atoms with Crippen LogP contribution >= 0.6 is 11.6 Å². The molecule has 17 heavy (non-hydrogen) atoms. The fourth-order valence-electron chi connectivity index (χ4n) is 1.69. The lowest BCUT2D eigenvalue weighted by Crippen LogP contribution is -2.09. The van der Waals surface area contributed by atoms with E-state index in [0.717, 1.165) is 11.3 Å². The first-order valence-electron chi connectivity index (χ1n) is 5.29. The molecule has 1 aromatic carbocycles. The van der Waals surface area contributed by atoms with Crippen molar-refractivity contribution >= 4 is 17.5 Å². The molecule has 1 heterocycles. The van der Waals surface area contributed by atoms with E-state index in [0.29, 0.717) is 24.1 Å². The minimum atomic E-state index is 0.469. The average Bonchev–Trinajstić information content (AvgIpc) is 2.69. The van der Waals surface area contributed by atoms with Gasteiger partial charge in [-0.15, -0.1) is 0 Å². The second-order valence-electron chi connectivity index (χ2n) is 3.63. The highest BCUT2D eigenvalue weighted by molar-refractivity contribution is 6.33. The number of methoxy groups -OCH3 is 1. The van der Waals surface area contributed by atoms with E-state index in [2.05, 4.69) is 4.98 Å². The summed E-state index contributed by atoms with van der Waals surface area (Å²) in [6, 6.07) is 7.62. The van der Waals surface area contributed by atoms with E-state index < -0.39 is 0 Å². The Labute approximate surface area is 105 Å². The van der Waals surface area contributed by atoms with Crippen molar-refractivity contribution in [2.24, 2.45) is 0 Å². The molecule has 0 aliphatic carbocycles. The average molecular weight is 252 g/mol. The third kappa shape index (κ3) is 2.43. The molecule has 90 valence electrons. The normalized spacial score (nSPS) is 10.7. The Balaban J connectivity index is 2.42. The van der Waals surface area contributed by atoms with Gasteiger partial charge in [-0.25, -0.2) is 4.98 Å². The number of benzene rings is 1. The molecule has 0 radical (unpaired) electrons. The van der Waals surface area contributed by atoms with Crippen molar-refractivity contribution < 1.29 is 4.74 Å². The Kier molecular flexibility index (Phi) is 3.66. The van der Waals surface area contributed by atoms with Gasteiger partial charge in [-0.2, -0.15) is 0 Å². The van der Waals surface area contributed by atoms with Crippen LogP contribution in [0.5, 0.6) is 0 Å². The van der Waals surface area contributed by atoms with Crippen LogP contribution in [0.15, 0.2) is 30.5 Å². The Hall–Kier alpha value is -1.52. The van der Waals surface area contributed by atoms with E-state index >= 15 is 0 Å². The Morgan fingerprint density at radius 3 is 2.88 bits per heavy atom. The Morgan fingerprint density at radius 1 is 1.41 bits per heavy atom. The third-order valence-electron chi connectivity index (χ3n) is 2.56. The van der Waals surface area contributed by atoms with E-state index in [9.17, 15) is 0 Å². The van der Waals surface area contributed by atoms with Crippen LogP contribution in [0, 0.1) is 0 Å². The first-order valence-corrected chi connectivity index (χ1v) is 5.66. The molecule has 0 bridgehead atoms. The van der Waals surface area contributed by atoms with E-state index in [1.54, 1.807) is 13.3 Å². The summed E-state index contributed by atoms with van der Waals surface area (Å²) in [5, 5.41) is 0.686. The molecular formula is C12H14ClN3O. The molecular weight excluding hydrogens is 238 g/mol. The predicted molar refractivity (Wildman–Crippen MR) is 69.0 cm³/mol. The number of nitrogen functional groups attached to an aromatic ring is 1. The molecule has 0 spiro atoms. The summed E-state index contributed by atoms with van der Waals surface area (Å²) in [5.74, 6) is 0.469. The van der Waals surface area contributed by atoms with Gasteiger partial charge in [0.05, 0.1) is 18.5 Å². The molecule has 0 aliphatic rings. The molecule has 4 nitrogen and oxygen atoms in total. The van der Waals surface area contributed by atoms with Crippen LogP contribution in [0.3, 0.4) is 0 Å². The van der Waals surface area contributed by atoms with Crippen LogP contribution in [0.1, 0.15) is 0 Å². The summed E-state index contributed by atoms with van der Waals surface area (Å²) < 4.78 is 6.95. The minimum Gasteiger partial charge on any atom is -0.383 e. The number of anilines is 1. The highest BCUT2D eigenvalue weighted by Gasteiger charge is 2.11. The summed E-state index contributed by atoms with van der Waals surface area (Å²) in [5.41, 5.74) is 7.66. The van der Waals surface area contributed by atoms with Crippen molar-refractivity contribution in [2.75, 3.05) is 19.5 Å². The number of halogens is 1. The summed E-state index contributed by atoms with van der Waals surface area (Å²) in [7, 11) is 1.66. The molecule has 5 heteroatoms. The zero-order valence-electron chi connectivity index (χ0n) is 9.56. The number of imidazole rings is 1. The fraction of sp³-hybridized carbons (Fsp3) is 0.250. The van der Waals surface area contributed by atoms with Gasteiger partial charge in [0, 0.05) is 24.2 Å². The Morgan fingerprint density at radius 2 is 2.18 bits per heavy atom. The number of nitrogens with two attached hydrogens (primary N) is 1. The lowest BCUT2D eigenvalue weighted by molar-refractivity contribution is 0.188. The largest absolute Gasteiger partial charge is 0.383 e. The highest BCUT2D eigenvalue weighted by Crippen LogP contribution is 2.28. The number of hydrogen-bond donors (Lipinski definition) is 1. The molecule has 0 saturated heterocycles. The first-order chi connectivity index (χ1) is 8.24. The van der Waals surface area contributed by atoms with Gasteiger partial charge < -0.3 is 15.0 Å². The van der Waals surface area contributed by atoms with Crippen LogP contribution in [-0.4, -0.2) is 23.3 Å². The number of ether oxygens (including phenoxy) is 1. The monoisotopic (exact) mass is 251 g/mol. The molecule has 0 aliphatic heterocycles. The second kappa shape index (κ2) is 5.21. The van der Waals surface area contributed by atoms with E-state index in [-0.39, 0.29) is 0 Å². The van der Waals surface area contributed by atoms with Crippen molar-refractivity contribution in [1.82, 2.24) is 9.55 Å². The predicted octanol–water partition coefficient (Wildman–Crippen LogP) is 2.43. The number of nitrogens with zero attached hydrogens (tertiary/aromatic N) is 2. The van der Waals surface area contributed by atoms with E-state index in [4.69, 9.17) is 22.1 Å². The number of aromatic nitrogens is 2. The third-order valence-corrected chi connectivity index (χ3v) is 2.88. The lowest BCUT2D eigenvalue weighted by Gasteiger charge is -2.10. The SMILES string of the molecule is COCCn1c(-c2ccccc2Cl)cnc1N. The number of rotatable bonds is 4. The molecule has 0 saturated carbocycles. The van der Waals surface area contributed by atoms with E-state index in [1.165, 1.54) is 0 Å². The summed E-state index contributed by atoms with van der Waals surface area (Å²) in [6.45, 7) is 1.24. The standard InChI is InChI=1S/C12H14ClN3O/c1-17-7-6-16-11(8-15-12(16)14)9-4-2-3-5-10(9)13/h2-5,8H,6-7H2,1H3,(H2,14,15). The van der Waals surface area contributed by atoms with Crippen LogP contribution in [0.4, 0.5) is 5.95 Å². The van der Waals surface area contributed by atoms with Gasteiger partial charge in [-0.1, -0.05) is 29.8 Å². The molecule has 0 fully saturated rings. The van der Waals surface area contributed by atoms with Crippen molar-refractivity contribution in [3.05, 3.63) is 35.5 Å². The lowest BCUT2D eigenvalue weighted by atomic mass is 10.1. The van der Waals surface area contributed by atoms with Gasteiger partial charge in [0.1, 0.15) is 0 Å². The van der Waals surface area contributed by atoms with Crippen molar-refractivity contribution in [1.29, 1.82) is 0 Å². The van der Waals surface area contributed by atoms with Crippen molar-refractivity contribution in [2.45, 2.75) is 6.54 Å². The molecule has 0 atom stereocenters. The van der Waals surface area contributed by atoms with Crippen LogP contribution in [0.25, 0.3) is 11.3 Å². The molecule has 0 amide bonds. The van der Waals surface area contributed by atoms with Gasteiger partial charge in [0.15, 0.2) is 0 Å². The maximum Gasteiger partial charge on any atom is 0.200 e. The minimum absolute atomic E-state index is 0.469. The van der Waals surface area contributed by atoms with Crippen LogP contribution in [0.2, 0.25) is 5.02 Å². The van der Waals surface area contributed by atoms with Gasteiger partial charge in [-0.05, 0) is 6.07 Å². The zero-order chi connectivity index (χ0) is 12.3. The molecule has 2 aromatic rings. The maximum absolute atomic E-state index is 6.16. The topological polar surface area (TPSA) is 53.1 Å². The van der Waals surface area contributed by atoms with Crippen molar-refractivity contribution in [3.8, 4) is 11.3 Å². The summed E-state index contributed by atoms with van der Waals surface area (Å²) >= 11 is 6.16. The first kappa shape index (κ1) is 12.0. The summed E-state index contributed by atoms with van der Waals surface area (Å²) in [6.07, 6.45) is 1.73. The van der Waals surface area contributed by atoms with Gasteiger partial charge in [0.2, 0.25) is 5.95 Å². The maximum atomic E-state index is 6.16. The van der Waals surface area contributed by atoms with Gasteiger partial charge in [-0.3, -0.25) is 0 Å². The molecule has 2 rings (SSSR count). The second-order valence-corrected chi connectivity index (χ2v) is 4.03. The number of hydrogen-bond acceptors (Lipinski definition) is 3. The van der Waals surface area contributed by atoms with Crippen LogP contribution < -0.4 is 5.73 Å². The molecule has 2 N–H and O–H groups in total. The van der Waals surface area contributed by atoms with Gasteiger partial charge in [0.25, 0.3) is 0 Å². The Bertz CT molecular complexity index is 510. The molecule has 0 unspecified atom stereocenters. The smallest absolute Gasteiger partial charge is 0.200 e. The van der Waals surface area contributed by atoms with Crippen molar-refractivity contribution in [3.63, 3.8) is 0 Å².